The lowest BCUT2D eigenvalue weighted by atomic mass is 10.1. The molecule has 1 aliphatic heterocycles. The van der Waals surface area contributed by atoms with Crippen LogP contribution in [-0.2, 0) is 0 Å². The molecule has 4 rings (SSSR count). The van der Waals surface area contributed by atoms with Crippen molar-refractivity contribution in [1.82, 2.24) is 15.2 Å². The molecule has 2 heterocycles. The first-order chi connectivity index (χ1) is 13.2. The summed E-state index contributed by atoms with van der Waals surface area (Å²) in [5.41, 5.74) is 5.59. The van der Waals surface area contributed by atoms with Gasteiger partial charge in [0.1, 0.15) is 0 Å². The average Bonchev–Trinajstić information content (AvgIpc) is 3.20. The second-order valence-electron chi connectivity index (χ2n) is 6.97. The maximum Gasteiger partial charge on any atom is 0.249 e. The van der Waals surface area contributed by atoms with Crippen LogP contribution in [0.15, 0.2) is 48.7 Å². The minimum Gasteiger partial charge on any atom is -0.372 e. The molecule has 27 heavy (non-hydrogen) atoms. The number of benzene rings is 2. The molecule has 6 nitrogen and oxygen atoms in total. The second-order valence-corrected chi connectivity index (χ2v) is 6.97. The van der Waals surface area contributed by atoms with Crippen LogP contribution in [0.2, 0.25) is 0 Å². The molecule has 138 valence electrons. The summed E-state index contributed by atoms with van der Waals surface area (Å²) in [6.45, 7) is 6.43. The molecule has 0 aliphatic carbocycles. The van der Waals surface area contributed by atoms with E-state index >= 15 is 0 Å². The smallest absolute Gasteiger partial charge is 0.249 e. The van der Waals surface area contributed by atoms with Crippen molar-refractivity contribution in [1.29, 1.82) is 0 Å². The molecule has 1 saturated heterocycles. The van der Waals surface area contributed by atoms with Crippen molar-refractivity contribution in [3.8, 4) is 0 Å². The van der Waals surface area contributed by atoms with Gasteiger partial charge in [0, 0.05) is 30.2 Å². The van der Waals surface area contributed by atoms with E-state index in [1.54, 1.807) is 6.20 Å². The van der Waals surface area contributed by atoms with Gasteiger partial charge < -0.3 is 15.5 Å². The van der Waals surface area contributed by atoms with E-state index in [-0.39, 0.29) is 0 Å². The molecule has 6 heteroatoms. The summed E-state index contributed by atoms with van der Waals surface area (Å²) in [4.78, 5) is 6.94. The molecule has 1 fully saturated rings. The third-order valence-electron chi connectivity index (χ3n) is 4.81. The van der Waals surface area contributed by atoms with Crippen LogP contribution in [0.25, 0.3) is 0 Å². The predicted molar refractivity (Wildman–Crippen MR) is 110 cm³/mol. The van der Waals surface area contributed by atoms with Crippen LogP contribution >= 0.6 is 0 Å². The first kappa shape index (κ1) is 17.3. The monoisotopic (exact) mass is 360 g/mol. The van der Waals surface area contributed by atoms with E-state index in [1.807, 2.05) is 0 Å². The summed E-state index contributed by atoms with van der Waals surface area (Å²) in [7, 11) is 0. The Balaban J connectivity index is 1.46. The van der Waals surface area contributed by atoms with Gasteiger partial charge in [0.05, 0.1) is 6.20 Å². The Kier molecular flexibility index (Phi) is 4.87. The van der Waals surface area contributed by atoms with E-state index < -0.39 is 0 Å². The molecule has 0 unspecified atom stereocenters. The molecule has 0 bridgehead atoms. The van der Waals surface area contributed by atoms with Gasteiger partial charge in [-0.2, -0.15) is 10.1 Å². The molecule has 0 spiro atoms. The minimum absolute atomic E-state index is 0.472. The number of nitrogens with one attached hydrogen (secondary N) is 2. The Hall–Kier alpha value is -3.15. The number of anilines is 5. The normalized spacial score (nSPS) is 13.6. The van der Waals surface area contributed by atoms with E-state index in [2.05, 4.69) is 87.0 Å². The molecule has 0 radical (unpaired) electrons. The van der Waals surface area contributed by atoms with Crippen LogP contribution in [0.1, 0.15) is 24.0 Å². The fraction of sp³-hybridized carbons (Fsp3) is 0.286. The lowest BCUT2D eigenvalue weighted by Gasteiger charge is -2.17. The van der Waals surface area contributed by atoms with Gasteiger partial charge in [-0.15, -0.1) is 5.10 Å². The highest BCUT2D eigenvalue weighted by Gasteiger charge is 2.12. The van der Waals surface area contributed by atoms with Gasteiger partial charge in [0.15, 0.2) is 5.82 Å². The van der Waals surface area contributed by atoms with Gasteiger partial charge in [-0.05, 0) is 68.1 Å². The van der Waals surface area contributed by atoms with Gasteiger partial charge in [-0.1, -0.05) is 12.1 Å². The van der Waals surface area contributed by atoms with Crippen LogP contribution in [0, 0.1) is 13.8 Å². The molecular formula is C21H24N6. The number of hydrogen-bond acceptors (Lipinski definition) is 6. The zero-order valence-corrected chi connectivity index (χ0v) is 15.7. The summed E-state index contributed by atoms with van der Waals surface area (Å²) in [5, 5.41) is 14.7. The molecule has 0 amide bonds. The van der Waals surface area contributed by atoms with Crippen molar-refractivity contribution in [3.63, 3.8) is 0 Å². The van der Waals surface area contributed by atoms with Crippen molar-refractivity contribution < 1.29 is 0 Å². The van der Waals surface area contributed by atoms with Crippen molar-refractivity contribution >= 4 is 28.8 Å². The molecule has 1 aromatic heterocycles. The van der Waals surface area contributed by atoms with Gasteiger partial charge in [0.25, 0.3) is 0 Å². The number of hydrogen-bond donors (Lipinski definition) is 2. The number of rotatable bonds is 5. The molecular weight excluding hydrogens is 336 g/mol. The Bertz CT molecular complexity index is 916. The summed E-state index contributed by atoms with van der Waals surface area (Å²) in [6, 6.07) is 14.7. The van der Waals surface area contributed by atoms with Gasteiger partial charge in [-0.25, -0.2) is 0 Å². The third-order valence-corrected chi connectivity index (χ3v) is 4.81. The van der Waals surface area contributed by atoms with Crippen LogP contribution in [0.3, 0.4) is 0 Å². The zero-order chi connectivity index (χ0) is 18.6. The van der Waals surface area contributed by atoms with E-state index in [0.717, 1.165) is 30.0 Å². The largest absolute Gasteiger partial charge is 0.372 e. The van der Waals surface area contributed by atoms with Crippen LogP contribution in [0.5, 0.6) is 0 Å². The Morgan fingerprint density at radius 2 is 1.70 bits per heavy atom. The highest BCUT2D eigenvalue weighted by Crippen LogP contribution is 2.24. The van der Waals surface area contributed by atoms with Crippen molar-refractivity contribution in [3.05, 3.63) is 59.8 Å². The topological polar surface area (TPSA) is 66.0 Å². The maximum atomic E-state index is 4.53. The standard InChI is InChI=1S/C21H24N6/c1-15-5-6-16(2)19(13-15)24-20-14-22-26-21(25-20)23-17-7-9-18(10-8-17)27-11-3-4-12-27/h5-10,13-14H,3-4,11-12H2,1-2H3,(H2,23,24,25,26). The van der Waals surface area contributed by atoms with E-state index in [4.69, 9.17) is 0 Å². The Morgan fingerprint density at radius 1 is 0.926 bits per heavy atom. The fourth-order valence-electron chi connectivity index (χ4n) is 3.29. The quantitative estimate of drug-likeness (QED) is 0.694. The van der Waals surface area contributed by atoms with Crippen molar-refractivity contribution in [2.75, 3.05) is 28.6 Å². The first-order valence-corrected chi connectivity index (χ1v) is 9.33. The summed E-state index contributed by atoms with van der Waals surface area (Å²) < 4.78 is 0. The second kappa shape index (κ2) is 7.61. The lowest BCUT2D eigenvalue weighted by molar-refractivity contribution is 0.949. The van der Waals surface area contributed by atoms with Crippen LogP contribution < -0.4 is 15.5 Å². The molecule has 0 saturated carbocycles. The van der Waals surface area contributed by atoms with E-state index in [1.165, 1.54) is 24.1 Å². The van der Waals surface area contributed by atoms with Gasteiger partial charge in [-0.3, -0.25) is 0 Å². The summed E-state index contributed by atoms with van der Waals surface area (Å²) in [5.74, 6) is 1.13. The highest BCUT2D eigenvalue weighted by atomic mass is 15.3. The maximum absolute atomic E-state index is 4.53. The fourth-order valence-corrected chi connectivity index (χ4v) is 3.29. The molecule has 2 N–H and O–H groups in total. The number of aromatic nitrogens is 3. The Morgan fingerprint density at radius 3 is 2.48 bits per heavy atom. The van der Waals surface area contributed by atoms with Crippen LogP contribution in [-0.4, -0.2) is 28.3 Å². The first-order valence-electron chi connectivity index (χ1n) is 9.33. The van der Waals surface area contributed by atoms with Gasteiger partial charge in [0.2, 0.25) is 5.95 Å². The number of aryl methyl sites for hydroxylation is 2. The molecule has 1 aliphatic rings. The van der Waals surface area contributed by atoms with Crippen molar-refractivity contribution in [2.45, 2.75) is 26.7 Å². The predicted octanol–water partition coefficient (Wildman–Crippen LogP) is 4.58. The number of nitrogens with zero attached hydrogens (tertiary/aromatic N) is 4. The van der Waals surface area contributed by atoms with Crippen LogP contribution in [0.4, 0.5) is 28.8 Å². The highest BCUT2D eigenvalue weighted by molar-refractivity contribution is 5.63. The molecule has 0 atom stereocenters. The Labute approximate surface area is 159 Å². The lowest BCUT2D eigenvalue weighted by Crippen LogP contribution is -2.17. The molecule has 2 aromatic carbocycles. The SMILES string of the molecule is Cc1ccc(C)c(Nc2cnnc(Nc3ccc(N4CCCC4)cc3)n2)c1. The van der Waals surface area contributed by atoms with Gasteiger partial charge >= 0.3 is 0 Å². The third kappa shape index (κ3) is 4.16. The minimum atomic E-state index is 0.472. The zero-order valence-electron chi connectivity index (χ0n) is 15.7. The van der Waals surface area contributed by atoms with Crippen molar-refractivity contribution in [2.24, 2.45) is 0 Å². The average molecular weight is 360 g/mol. The van der Waals surface area contributed by atoms with E-state index in [9.17, 15) is 0 Å². The summed E-state index contributed by atoms with van der Waals surface area (Å²) in [6.07, 6.45) is 4.18. The summed E-state index contributed by atoms with van der Waals surface area (Å²) >= 11 is 0. The molecule has 3 aromatic rings. The van der Waals surface area contributed by atoms with E-state index in [0.29, 0.717) is 11.8 Å².